The molecule has 1 aromatic carbocycles. The number of rotatable bonds is 6. The molecule has 1 aromatic rings. The van der Waals surface area contributed by atoms with Crippen molar-refractivity contribution >= 4 is 21.7 Å². The van der Waals surface area contributed by atoms with E-state index in [4.69, 9.17) is 21.1 Å². The van der Waals surface area contributed by atoms with Gasteiger partial charge in [0.2, 0.25) is 10.0 Å². The lowest BCUT2D eigenvalue weighted by molar-refractivity contribution is 0.0692. The van der Waals surface area contributed by atoms with Crippen LogP contribution < -0.4 is 10.5 Å². The molecule has 0 atom stereocenters. The van der Waals surface area contributed by atoms with Gasteiger partial charge in [0, 0.05) is 5.69 Å². The number of carboxylic acids is 1. The summed E-state index contributed by atoms with van der Waals surface area (Å²) in [4.78, 5) is 10.5. The van der Waals surface area contributed by atoms with Gasteiger partial charge < -0.3 is 21.1 Å². The average molecular weight is 290 g/mol. The molecule has 0 aliphatic heterocycles. The fourth-order valence-electron chi connectivity index (χ4n) is 1.35. The van der Waals surface area contributed by atoms with Gasteiger partial charge in [-0.3, -0.25) is 0 Å². The second-order valence-corrected chi connectivity index (χ2v) is 5.43. The first-order valence-corrected chi connectivity index (χ1v) is 6.67. The Kier molecular flexibility index (Phi) is 4.84. The molecule has 0 amide bonds. The number of nitrogen functional groups attached to an aromatic ring is 1. The Morgan fingerprint density at radius 3 is 2.37 bits per heavy atom. The molecule has 0 saturated heterocycles. The lowest BCUT2D eigenvalue weighted by Gasteiger charge is -2.15. The summed E-state index contributed by atoms with van der Waals surface area (Å²) < 4.78 is 26.0. The topological polar surface area (TPSA) is 150 Å². The van der Waals surface area contributed by atoms with Crippen molar-refractivity contribution in [2.75, 3.05) is 18.9 Å². The molecule has 0 aliphatic rings. The Labute approximate surface area is 109 Å². The number of aromatic carboxylic acids is 1. The van der Waals surface area contributed by atoms with Crippen LogP contribution >= 0.6 is 0 Å². The van der Waals surface area contributed by atoms with Gasteiger partial charge in [-0.05, 0) is 18.2 Å². The number of benzene rings is 1. The molecule has 8 nitrogen and oxygen atoms in total. The molecule has 106 valence electrons. The van der Waals surface area contributed by atoms with Gasteiger partial charge >= 0.3 is 5.97 Å². The number of carboxylic acid groups (broad SMARTS) is 1. The van der Waals surface area contributed by atoms with Crippen molar-refractivity contribution in [2.24, 2.45) is 0 Å². The van der Waals surface area contributed by atoms with Crippen LogP contribution in [0.15, 0.2) is 23.1 Å². The molecular weight excluding hydrogens is 276 g/mol. The SMILES string of the molecule is Nc1ccc(C(=O)O)c(S(=O)(=O)NC(CO)CO)c1. The van der Waals surface area contributed by atoms with Gasteiger partial charge in [-0.25, -0.2) is 17.9 Å². The fraction of sp³-hybridized carbons (Fsp3) is 0.300. The molecule has 0 spiro atoms. The second kappa shape index (κ2) is 5.97. The summed E-state index contributed by atoms with van der Waals surface area (Å²) in [5, 5.41) is 26.6. The molecule has 0 radical (unpaired) electrons. The molecule has 0 saturated carbocycles. The van der Waals surface area contributed by atoms with E-state index >= 15 is 0 Å². The van der Waals surface area contributed by atoms with Gasteiger partial charge in [0.05, 0.1) is 29.7 Å². The van der Waals surface area contributed by atoms with Crippen LogP contribution in [0, 0.1) is 0 Å². The van der Waals surface area contributed by atoms with E-state index in [9.17, 15) is 13.2 Å². The van der Waals surface area contributed by atoms with E-state index in [-0.39, 0.29) is 5.69 Å². The Balaban J connectivity index is 3.27. The number of carbonyl (C=O) groups is 1. The normalized spacial score (nSPS) is 11.7. The predicted molar refractivity (Wildman–Crippen MR) is 66.1 cm³/mol. The van der Waals surface area contributed by atoms with Crippen LogP contribution in [0.1, 0.15) is 10.4 Å². The zero-order chi connectivity index (χ0) is 14.6. The van der Waals surface area contributed by atoms with E-state index in [1.165, 1.54) is 6.07 Å². The molecule has 0 fully saturated rings. The molecule has 9 heteroatoms. The number of hydrogen-bond donors (Lipinski definition) is 5. The maximum absolute atomic E-state index is 12.0. The van der Waals surface area contributed by atoms with Crippen molar-refractivity contribution < 1.29 is 28.5 Å². The zero-order valence-corrected chi connectivity index (χ0v) is 10.6. The highest BCUT2D eigenvalue weighted by Crippen LogP contribution is 2.19. The van der Waals surface area contributed by atoms with Crippen molar-refractivity contribution in [3.63, 3.8) is 0 Å². The van der Waals surface area contributed by atoms with Crippen LogP contribution in [0.5, 0.6) is 0 Å². The number of nitrogens with one attached hydrogen (secondary N) is 1. The monoisotopic (exact) mass is 290 g/mol. The molecular formula is C10H14N2O6S. The van der Waals surface area contributed by atoms with E-state index in [1.807, 2.05) is 4.72 Å². The summed E-state index contributed by atoms with van der Waals surface area (Å²) in [5.41, 5.74) is 5.07. The third kappa shape index (κ3) is 3.64. The van der Waals surface area contributed by atoms with Crippen molar-refractivity contribution in [3.05, 3.63) is 23.8 Å². The summed E-state index contributed by atoms with van der Waals surface area (Å²) in [6, 6.07) is 2.21. The number of nitrogens with two attached hydrogens (primary N) is 1. The fourth-order valence-corrected chi connectivity index (χ4v) is 2.80. The van der Waals surface area contributed by atoms with Gasteiger partial charge in [0.25, 0.3) is 0 Å². The Morgan fingerprint density at radius 2 is 1.89 bits per heavy atom. The smallest absolute Gasteiger partial charge is 0.337 e. The number of anilines is 1. The second-order valence-electron chi connectivity index (χ2n) is 3.74. The van der Waals surface area contributed by atoms with Gasteiger partial charge in [-0.2, -0.15) is 0 Å². The van der Waals surface area contributed by atoms with Gasteiger partial charge in [0.15, 0.2) is 0 Å². The highest BCUT2D eigenvalue weighted by molar-refractivity contribution is 7.89. The van der Waals surface area contributed by atoms with E-state index < -0.39 is 45.7 Å². The van der Waals surface area contributed by atoms with Crippen LogP contribution in [-0.4, -0.2) is 49.0 Å². The third-order valence-corrected chi connectivity index (χ3v) is 3.85. The van der Waals surface area contributed by atoms with Crippen molar-refractivity contribution in [1.82, 2.24) is 4.72 Å². The summed E-state index contributed by atoms with van der Waals surface area (Å²) in [6.45, 7) is -1.25. The largest absolute Gasteiger partial charge is 0.478 e. The molecule has 0 aromatic heterocycles. The standard InChI is InChI=1S/C10H14N2O6S/c11-6-1-2-8(10(15)16)9(3-6)19(17,18)12-7(4-13)5-14/h1-3,7,12-14H,4-5,11H2,(H,15,16). The predicted octanol–water partition coefficient (Wildman–Crippen LogP) is -1.40. The minimum atomic E-state index is -4.21. The summed E-state index contributed by atoms with van der Waals surface area (Å²) in [6.07, 6.45) is 0. The number of sulfonamides is 1. The van der Waals surface area contributed by atoms with Crippen LogP contribution in [0.2, 0.25) is 0 Å². The first-order valence-electron chi connectivity index (χ1n) is 5.18. The van der Waals surface area contributed by atoms with Crippen molar-refractivity contribution in [3.8, 4) is 0 Å². The molecule has 1 rings (SSSR count). The quantitative estimate of drug-likeness (QED) is 0.404. The third-order valence-electron chi connectivity index (χ3n) is 2.29. The average Bonchev–Trinajstić information content (AvgIpc) is 2.35. The maximum Gasteiger partial charge on any atom is 0.337 e. The minimum absolute atomic E-state index is 0.0786. The van der Waals surface area contributed by atoms with Gasteiger partial charge in [0.1, 0.15) is 0 Å². The summed E-state index contributed by atoms with van der Waals surface area (Å²) in [5.74, 6) is -1.43. The Morgan fingerprint density at radius 1 is 1.32 bits per heavy atom. The van der Waals surface area contributed by atoms with Gasteiger partial charge in [-0.1, -0.05) is 0 Å². The van der Waals surface area contributed by atoms with Crippen LogP contribution in [0.4, 0.5) is 5.69 Å². The maximum atomic E-state index is 12.0. The molecule has 0 heterocycles. The molecule has 0 bridgehead atoms. The van der Waals surface area contributed by atoms with Crippen LogP contribution in [0.25, 0.3) is 0 Å². The number of hydrogen-bond acceptors (Lipinski definition) is 6. The minimum Gasteiger partial charge on any atom is -0.478 e. The first kappa shape index (κ1) is 15.4. The van der Waals surface area contributed by atoms with E-state index in [0.29, 0.717) is 0 Å². The highest BCUT2D eigenvalue weighted by atomic mass is 32.2. The molecule has 0 aliphatic carbocycles. The molecule has 6 N–H and O–H groups in total. The van der Waals surface area contributed by atoms with Crippen molar-refractivity contribution in [1.29, 1.82) is 0 Å². The van der Waals surface area contributed by atoms with Gasteiger partial charge in [-0.15, -0.1) is 0 Å². The molecule has 0 unspecified atom stereocenters. The van der Waals surface area contributed by atoms with Crippen LogP contribution in [0.3, 0.4) is 0 Å². The van der Waals surface area contributed by atoms with E-state index in [1.54, 1.807) is 0 Å². The Bertz CT molecular complexity index is 567. The van der Waals surface area contributed by atoms with Crippen molar-refractivity contribution in [2.45, 2.75) is 10.9 Å². The lowest BCUT2D eigenvalue weighted by Crippen LogP contribution is -2.40. The summed E-state index contributed by atoms with van der Waals surface area (Å²) >= 11 is 0. The highest BCUT2D eigenvalue weighted by Gasteiger charge is 2.25. The zero-order valence-electron chi connectivity index (χ0n) is 9.78. The van der Waals surface area contributed by atoms with E-state index in [0.717, 1.165) is 12.1 Å². The molecule has 19 heavy (non-hydrogen) atoms. The van der Waals surface area contributed by atoms with E-state index in [2.05, 4.69) is 0 Å². The lowest BCUT2D eigenvalue weighted by atomic mass is 10.2. The van der Waals surface area contributed by atoms with Crippen LogP contribution in [-0.2, 0) is 10.0 Å². The number of aliphatic hydroxyl groups is 2. The number of aliphatic hydroxyl groups excluding tert-OH is 2. The first-order chi connectivity index (χ1) is 8.81. The summed E-state index contributed by atoms with van der Waals surface area (Å²) in [7, 11) is -4.21. The Hall–Kier alpha value is -1.68.